The first-order chi connectivity index (χ1) is 23.1. The zero-order chi connectivity index (χ0) is 41.0. The Labute approximate surface area is 366 Å². The second kappa shape index (κ2) is 25.1. The molecule has 4 aromatic rings. The number of carboxylic acid groups (broad SMARTS) is 2. The number of nitrogens with zero attached hydrogens (tertiary/aromatic N) is 4. The number of hydrogen-bond acceptors (Lipinski definition) is 9. The average molecular weight is 972 g/mol. The zero-order valence-electron chi connectivity index (χ0n) is 29.5. The van der Waals surface area contributed by atoms with Crippen LogP contribution < -0.4 is 75.1 Å². The van der Waals surface area contributed by atoms with Crippen LogP contribution in [0.4, 0.5) is 50.4 Å². The van der Waals surface area contributed by atoms with E-state index in [2.05, 4.69) is 39.9 Å². The van der Waals surface area contributed by atoms with E-state index >= 15 is 0 Å². The fraction of sp³-hybridized carbons (Fsp3) is 0.214. The van der Waals surface area contributed by atoms with Crippen LogP contribution in [0, 0.1) is 0 Å². The molecule has 4 aromatic heterocycles. The van der Waals surface area contributed by atoms with Gasteiger partial charge in [-0.2, -0.15) is 0 Å². The van der Waals surface area contributed by atoms with E-state index in [1.54, 1.807) is 24.8 Å². The van der Waals surface area contributed by atoms with E-state index in [4.69, 9.17) is 5.73 Å². The molecule has 0 aliphatic carbocycles. The van der Waals surface area contributed by atoms with E-state index < -0.39 is 33.6 Å². The monoisotopic (exact) mass is 972 g/mol. The summed E-state index contributed by atoms with van der Waals surface area (Å²) in [6.45, 7) is 6.81. The summed E-state index contributed by atoms with van der Waals surface area (Å²) in [4.78, 5) is 36.4. The van der Waals surface area contributed by atoms with Crippen molar-refractivity contribution >= 4 is 35.5 Å². The van der Waals surface area contributed by atoms with Crippen LogP contribution >= 0.6 is 23.5 Å². The number of halogens is 12. The molecule has 0 aliphatic rings. The second-order valence-corrected chi connectivity index (χ2v) is 16.9. The van der Waals surface area contributed by atoms with Gasteiger partial charge in [-0.1, -0.05) is 24.3 Å². The fourth-order valence-electron chi connectivity index (χ4n) is 2.45. The number of rotatable bonds is 6. The molecule has 2 N–H and O–H groups in total. The number of carboxylic acids is 2. The van der Waals surface area contributed by atoms with Gasteiger partial charge in [0.05, 0.1) is 28.7 Å². The third-order valence-electron chi connectivity index (χ3n) is 4.15. The summed E-state index contributed by atoms with van der Waals surface area (Å²) in [6.07, 6.45) is 6.57. The zero-order valence-corrected chi connectivity index (χ0v) is 38.0. The van der Waals surface area contributed by atoms with Gasteiger partial charge < -0.3 is 25.5 Å². The first-order valence-electron chi connectivity index (χ1n) is 13.8. The number of carbonyl (C=O) groups is 2. The Bertz CT molecular complexity index is 1430. The SMILES string of the molecule is C[PH+](C)C.F[P-](F)(F)(F)(F)F.F[P-](F)(F)(F)(F)F.N[C@@H](CCC(=O)[O-])C(=O)[O-].[Na+].[Na+].[Ru+3].c1ccc(-c2ccccn2)nc1.c1ccc(-c2ccccn2)nc1. The maximum absolute atomic E-state index is 10.7. The van der Waals surface area contributed by atoms with Crippen LogP contribution in [0.3, 0.4) is 0 Å². The van der Waals surface area contributed by atoms with Crippen molar-refractivity contribution in [2.75, 3.05) is 20.0 Å². The minimum absolute atomic E-state index is 0. The van der Waals surface area contributed by atoms with Crippen LogP contribution in [0.25, 0.3) is 22.8 Å². The van der Waals surface area contributed by atoms with E-state index in [9.17, 15) is 70.2 Å². The summed E-state index contributed by atoms with van der Waals surface area (Å²) in [5, 5.41) is 19.6. The van der Waals surface area contributed by atoms with Gasteiger partial charge in [0.25, 0.3) is 0 Å². The third-order valence-corrected chi connectivity index (χ3v) is 4.15. The van der Waals surface area contributed by atoms with Crippen molar-refractivity contribution < 1.29 is 149 Å². The quantitative estimate of drug-likeness (QED) is 0.175. The molecule has 9 nitrogen and oxygen atoms in total. The van der Waals surface area contributed by atoms with E-state index in [0.717, 1.165) is 22.8 Å². The van der Waals surface area contributed by atoms with Gasteiger partial charge in [0, 0.05) is 56.8 Å². The molecule has 0 aliphatic heterocycles. The van der Waals surface area contributed by atoms with Crippen LogP contribution in [0.15, 0.2) is 97.6 Å². The number of aliphatic carboxylic acids is 2. The van der Waals surface area contributed by atoms with E-state index in [0.29, 0.717) is 0 Å². The molecule has 0 fully saturated rings. The molecule has 0 saturated carbocycles. The predicted molar refractivity (Wildman–Crippen MR) is 175 cm³/mol. The first kappa shape index (κ1) is 62.8. The molecule has 301 valence electrons. The van der Waals surface area contributed by atoms with E-state index in [1.807, 2.05) is 72.8 Å². The van der Waals surface area contributed by atoms with Crippen LogP contribution in [0.1, 0.15) is 12.8 Å². The molecular weight excluding hydrogens is 938 g/mol. The van der Waals surface area contributed by atoms with Gasteiger partial charge in [-0.15, -0.1) is 0 Å². The normalized spacial score (nSPS) is 13.0. The average Bonchev–Trinajstić information content (AvgIpc) is 2.99. The Kier molecular flexibility index (Phi) is 28.7. The van der Waals surface area contributed by atoms with Gasteiger partial charge in [-0.3, -0.25) is 19.9 Å². The first-order valence-corrected chi connectivity index (χ1v) is 20.9. The standard InChI is InChI=1S/2C10H8N2.C5H9NO4.C3H9P.2F6P.2Na.Ru/c2*1-3-7-11-9(5-1)10-6-2-4-8-12-10;6-3(5(9)10)1-2-4(7)8;1-4(2)3;2*1-7(2,3,4,5)6;;;/h2*1-8H;3H,1-2,6H2,(H,7,8)(H,9,10);1-3H3;;;;;/q;;;;2*-1;2*+1;+3/p-1/t;;3-;;;;;;/m..0....../s1. The van der Waals surface area contributed by atoms with Crippen molar-refractivity contribution in [2.45, 2.75) is 18.9 Å². The molecule has 1 atom stereocenters. The van der Waals surface area contributed by atoms with Crippen molar-refractivity contribution in [3.8, 4) is 22.8 Å². The Morgan fingerprint density at radius 3 is 0.909 bits per heavy atom. The van der Waals surface area contributed by atoms with Gasteiger partial charge in [0.1, 0.15) is 0 Å². The molecule has 0 saturated heterocycles. The predicted octanol–water partition coefficient (Wildman–Crippen LogP) is 2.74. The van der Waals surface area contributed by atoms with Gasteiger partial charge in [-0.05, 0) is 69.3 Å². The molecule has 4 heterocycles. The molecule has 55 heavy (non-hydrogen) atoms. The maximum atomic E-state index is 9.87. The van der Waals surface area contributed by atoms with Crippen molar-refractivity contribution in [3.05, 3.63) is 97.6 Å². The molecule has 0 spiro atoms. The molecule has 0 bridgehead atoms. The molecule has 27 heteroatoms. The Hall–Kier alpha value is -1.43. The number of pyridine rings is 4. The largest absolute Gasteiger partial charge is 3.00 e. The molecule has 1 radical (unpaired) electrons. The summed E-state index contributed by atoms with van der Waals surface area (Å²) < 4.78 is 118. The second-order valence-electron chi connectivity index (χ2n) is 10.1. The summed E-state index contributed by atoms with van der Waals surface area (Å²) in [5.41, 5.74) is 8.57. The van der Waals surface area contributed by atoms with E-state index in [1.165, 1.54) is 0 Å². The number of nitrogens with two attached hydrogens (primary N) is 1. The van der Waals surface area contributed by atoms with Crippen molar-refractivity contribution in [1.29, 1.82) is 0 Å². The molecule has 0 aromatic carbocycles. The van der Waals surface area contributed by atoms with Gasteiger partial charge >= 0.3 is 145 Å². The van der Waals surface area contributed by atoms with Crippen molar-refractivity contribution in [3.63, 3.8) is 0 Å². The van der Waals surface area contributed by atoms with E-state index in [-0.39, 0.29) is 99.4 Å². The van der Waals surface area contributed by atoms with Crippen LogP contribution in [0.2, 0.25) is 0 Å². The van der Waals surface area contributed by atoms with Crippen molar-refractivity contribution in [2.24, 2.45) is 5.73 Å². The Morgan fingerprint density at radius 2 is 0.782 bits per heavy atom. The van der Waals surface area contributed by atoms with Gasteiger partial charge in [-0.25, -0.2) is 0 Å². The number of hydrogen-bond donors (Lipinski definition) is 1. The van der Waals surface area contributed by atoms with Gasteiger partial charge in [0.2, 0.25) is 0 Å². The van der Waals surface area contributed by atoms with Crippen molar-refractivity contribution in [1.82, 2.24) is 19.9 Å². The summed E-state index contributed by atoms with van der Waals surface area (Å²) in [6, 6.07) is 22.0. The Morgan fingerprint density at radius 1 is 0.582 bits per heavy atom. The molecule has 0 unspecified atom stereocenters. The molecular formula is C28H33F12N5Na2O4P3Ru+2. The van der Waals surface area contributed by atoms with Crippen LogP contribution in [-0.4, -0.2) is 57.9 Å². The van der Waals surface area contributed by atoms with Crippen LogP contribution in [0.5, 0.6) is 0 Å². The Balaban J connectivity index is -0.000000186. The number of carbonyl (C=O) groups excluding carboxylic acids is 2. The minimum atomic E-state index is -10.7. The maximum Gasteiger partial charge on any atom is 3.00 e. The summed E-state index contributed by atoms with van der Waals surface area (Å²) in [7, 11) is -21.2. The minimum Gasteiger partial charge on any atom is -0.550 e. The van der Waals surface area contributed by atoms with Gasteiger partial charge in [0.15, 0.2) is 0 Å². The summed E-state index contributed by atoms with van der Waals surface area (Å²) >= 11 is 0. The summed E-state index contributed by atoms with van der Waals surface area (Å²) in [5.74, 6) is -2.75. The van der Waals surface area contributed by atoms with Crippen LogP contribution in [-0.2, 0) is 29.1 Å². The molecule has 0 amide bonds. The third kappa shape index (κ3) is 59.4. The number of aromatic nitrogens is 4. The topological polar surface area (TPSA) is 158 Å². The molecule has 4 rings (SSSR count). The smallest absolute Gasteiger partial charge is 0.550 e. The fourth-order valence-corrected chi connectivity index (χ4v) is 2.45.